The van der Waals surface area contributed by atoms with Crippen LogP contribution in [0.15, 0.2) is 77.1 Å². The van der Waals surface area contributed by atoms with Gasteiger partial charge in [0.05, 0.1) is 19.1 Å². The van der Waals surface area contributed by atoms with Crippen molar-refractivity contribution in [3.63, 3.8) is 0 Å². The first-order chi connectivity index (χ1) is 17.9. The summed E-state index contributed by atoms with van der Waals surface area (Å²) in [5.41, 5.74) is 3.56. The molecule has 1 aliphatic carbocycles. The van der Waals surface area contributed by atoms with Crippen molar-refractivity contribution in [3.05, 3.63) is 94.0 Å². The van der Waals surface area contributed by atoms with Gasteiger partial charge in [0.2, 0.25) is 0 Å². The van der Waals surface area contributed by atoms with Gasteiger partial charge in [-0.15, -0.1) is 0 Å². The third-order valence-electron chi connectivity index (χ3n) is 6.23. The molecule has 0 atom stereocenters. The SMILES string of the molecule is [C-]#[N+]\C(C#N)=C(/C=C/C=C1C=C(/C=C/c2ccc(N(CC)CC)cc2)CC(C)(C)C/1)C(=O)CCC(F)(F)F. The number of benzene rings is 1. The first kappa shape index (κ1) is 30.4. The van der Waals surface area contributed by atoms with Crippen LogP contribution in [0, 0.1) is 23.3 Å². The summed E-state index contributed by atoms with van der Waals surface area (Å²) < 4.78 is 37.7. The number of anilines is 1. The number of nitriles is 1. The average molecular weight is 522 g/mol. The largest absolute Gasteiger partial charge is 0.389 e. The zero-order chi connectivity index (χ0) is 28.3. The molecule has 0 saturated carbocycles. The first-order valence-electron chi connectivity index (χ1n) is 12.6. The van der Waals surface area contributed by atoms with Gasteiger partial charge in [0, 0.05) is 30.8 Å². The van der Waals surface area contributed by atoms with Crippen molar-refractivity contribution in [1.82, 2.24) is 0 Å². The third kappa shape index (κ3) is 9.56. The van der Waals surface area contributed by atoms with Gasteiger partial charge < -0.3 is 4.90 Å². The van der Waals surface area contributed by atoms with E-state index < -0.39 is 30.5 Å². The van der Waals surface area contributed by atoms with E-state index in [1.807, 2.05) is 0 Å². The molecule has 0 spiro atoms. The van der Waals surface area contributed by atoms with Gasteiger partial charge in [0.25, 0.3) is 5.70 Å². The monoisotopic (exact) mass is 521 g/mol. The Bertz CT molecular complexity index is 1210. The van der Waals surface area contributed by atoms with Crippen molar-refractivity contribution in [2.45, 2.75) is 59.6 Å². The van der Waals surface area contributed by atoms with E-state index in [9.17, 15) is 23.2 Å². The van der Waals surface area contributed by atoms with E-state index in [0.717, 1.165) is 42.6 Å². The maximum Gasteiger partial charge on any atom is 0.389 e. The lowest BCUT2D eigenvalue weighted by Crippen LogP contribution is -2.21. The minimum atomic E-state index is -4.49. The van der Waals surface area contributed by atoms with Crippen molar-refractivity contribution in [2.75, 3.05) is 18.0 Å². The number of alkyl halides is 3. The topological polar surface area (TPSA) is 48.5 Å². The third-order valence-corrected chi connectivity index (χ3v) is 6.23. The standard InChI is InChI=1S/C31H34F3N3O/c1-6-37(7-2)26-15-13-23(14-16-26)11-12-25-19-24(20-30(3,4)21-25)9-8-10-27(28(22-35)36-5)29(38)17-18-31(32,33)34/h8-16,19H,6-7,17-18,20-21H2,1-4H3/b10-8+,12-11+,24-9-,28-27+. The second kappa shape index (κ2) is 13.6. The van der Waals surface area contributed by atoms with E-state index in [-0.39, 0.29) is 11.0 Å². The van der Waals surface area contributed by atoms with Crippen molar-refractivity contribution in [2.24, 2.45) is 5.41 Å². The molecule has 0 unspecified atom stereocenters. The normalized spacial score (nSPS) is 17.2. The van der Waals surface area contributed by atoms with Crippen molar-refractivity contribution < 1.29 is 18.0 Å². The van der Waals surface area contributed by atoms with Crippen molar-refractivity contribution in [3.8, 4) is 6.07 Å². The second-order valence-electron chi connectivity index (χ2n) is 9.96. The van der Waals surface area contributed by atoms with Gasteiger partial charge in [-0.25, -0.2) is 10.1 Å². The number of halogens is 3. The number of hydrogen-bond acceptors (Lipinski definition) is 3. The second-order valence-corrected chi connectivity index (χ2v) is 9.96. The molecule has 0 bridgehead atoms. The zero-order valence-corrected chi connectivity index (χ0v) is 22.4. The molecule has 0 heterocycles. The Labute approximate surface area is 224 Å². The highest BCUT2D eigenvalue weighted by atomic mass is 19.4. The van der Waals surface area contributed by atoms with Gasteiger partial charge in [-0.2, -0.15) is 13.2 Å². The maximum absolute atomic E-state index is 12.6. The van der Waals surface area contributed by atoms with Crippen LogP contribution in [0.4, 0.5) is 18.9 Å². The molecule has 0 N–H and O–H groups in total. The summed E-state index contributed by atoms with van der Waals surface area (Å²) >= 11 is 0. The fraction of sp³-hybridized carbons (Fsp3) is 0.387. The molecule has 0 saturated heterocycles. The number of Topliss-reactive ketones (excluding diaryl/α,β-unsaturated/α-hetero) is 1. The van der Waals surface area contributed by atoms with Gasteiger partial charge >= 0.3 is 6.18 Å². The number of allylic oxidation sites excluding steroid dienone is 9. The molecule has 200 valence electrons. The molecule has 4 nitrogen and oxygen atoms in total. The van der Waals surface area contributed by atoms with E-state index >= 15 is 0 Å². The molecule has 0 amide bonds. The molecule has 0 aromatic heterocycles. The van der Waals surface area contributed by atoms with Crippen LogP contribution in [0.1, 0.15) is 58.9 Å². The highest BCUT2D eigenvalue weighted by Crippen LogP contribution is 2.38. The summed E-state index contributed by atoms with van der Waals surface area (Å²) in [7, 11) is 0. The predicted octanol–water partition coefficient (Wildman–Crippen LogP) is 8.38. The van der Waals surface area contributed by atoms with E-state index in [2.05, 4.69) is 79.9 Å². The highest BCUT2D eigenvalue weighted by molar-refractivity contribution is 5.99. The lowest BCUT2D eigenvalue weighted by atomic mass is 9.75. The molecule has 1 aromatic rings. The molecule has 0 fully saturated rings. The number of nitrogens with zero attached hydrogens (tertiary/aromatic N) is 3. The lowest BCUT2D eigenvalue weighted by molar-refractivity contribution is -0.141. The number of carbonyl (C=O) groups excluding carboxylic acids is 1. The van der Waals surface area contributed by atoms with Crippen LogP contribution in [0.2, 0.25) is 0 Å². The molecular weight excluding hydrogens is 487 g/mol. The smallest absolute Gasteiger partial charge is 0.372 e. The summed E-state index contributed by atoms with van der Waals surface area (Å²) in [6.07, 6.45) is 5.84. The van der Waals surface area contributed by atoms with Crippen LogP contribution < -0.4 is 4.90 Å². The Morgan fingerprint density at radius 1 is 1.16 bits per heavy atom. The minimum absolute atomic E-state index is 0.0176. The Hall–Kier alpha value is -3.84. The molecule has 0 radical (unpaired) electrons. The summed E-state index contributed by atoms with van der Waals surface area (Å²) in [6.45, 7) is 17.6. The van der Waals surface area contributed by atoms with Gasteiger partial charge in [0.15, 0.2) is 5.78 Å². The molecular formula is C31H34F3N3O. The Morgan fingerprint density at radius 3 is 2.37 bits per heavy atom. The van der Waals surface area contributed by atoms with E-state index in [1.54, 1.807) is 12.1 Å². The summed E-state index contributed by atoms with van der Waals surface area (Å²) in [4.78, 5) is 17.7. The van der Waals surface area contributed by atoms with Crippen LogP contribution in [0.3, 0.4) is 0 Å². The lowest BCUT2D eigenvalue weighted by Gasteiger charge is -2.30. The van der Waals surface area contributed by atoms with E-state index in [4.69, 9.17) is 6.57 Å². The summed E-state index contributed by atoms with van der Waals surface area (Å²) in [5, 5.41) is 9.18. The van der Waals surface area contributed by atoms with Crippen LogP contribution >= 0.6 is 0 Å². The predicted molar refractivity (Wildman–Crippen MR) is 147 cm³/mol. The Morgan fingerprint density at radius 2 is 1.82 bits per heavy atom. The molecule has 7 heteroatoms. The van der Waals surface area contributed by atoms with Crippen molar-refractivity contribution >= 4 is 17.5 Å². The van der Waals surface area contributed by atoms with E-state index in [1.165, 1.54) is 17.8 Å². The average Bonchev–Trinajstić information content (AvgIpc) is 2.86. The van der Waals surface area contributed by atoms with Crippen molar-refractivity contribution in [1.29, 1.82) is 5.26 Å². The molecule has 0 aliphatic heterocycles. The van der Waals surface area contributed by atoms with E-state index in [0.29, 0.717) is 0 Å². The van der Waals surface area contributed by atoms with Gasteiger partial charge in [-0.1, -0.05) is 62.4 Å². The maximum atomic E-state index is 12.6. The van der Waals surface area contributed by atoms with Crippen LogP contribution in [-0.4, -0.2) is 25.0 Å². The van der Waals surface area contributed by atoms with Crippen LogP contribution in [0.25, 0.3) is 10.9 Å². The number of rotatable bonds is 10. The van der Waals surface area contributed by atoms with Gasteiger partial charge in [0.1, 0.15) is 0 Å². The highest BCUT2D eigenvalue weighted by Gasteiger charge is 2.29. The Kier molecular flexibility index (Phi) is 10.9. The molecule has 1 aliphatic rings. The van der Waals surface area contributed by atoms with Gasteiger partial charge in [-0.3, -0.25) is 4.79 Å². The first-order valence-corrected chi connectivity index (χ1v) is 12.6. The number of carbonyl (C=O) groups is 1. The number of hydrogen-bond donors (Lipinski definition) is 0. The van der Waals surface area contributed by atoms with Crippen LogP contribution in [0.5, 0.6) is 0 Å². The van der Waals surface area contributed by atoms with Crippen LogP contribution in [-0.2, 0) is 4.79 Å². The molecule has 38 heavy (non-hydrogen) atoms. The fourth-order valence-electron chi connectivity index (χ4n) is 4.42. The zero-order valence-electron chi connectivity index (χ0n) is 22.4. The molecule has 1 aromatic carbocycles. The summed E-state index contributed by atoms with van der Waals surface area (Å²) in [6, 6.07) is 10.0. The Balaban J connectivity index is 2.27. The molecule has 2 rings (SSSR count). The quantitative estimate of drug-likeness (QED) is 0.134. The number of ketones is 1. The fourth-order valence-corrected chi connectivity index (χ4v) is 4.42. The van der Waals surface area contributed by atoms with Gasteiger partial charge in [-0.05, 0) is 60.9 Å². The summed E-state index contributed by atoms with van der Waals surface area (Å²) in [5.74, 6) is -0.875. The minimum Gasteiger partial charge on any atom is -0.372 e.